The molecule has 0 spiro atoms. The summed E-state index contributed by atoms with van der Waals surface area (Å²) in [6.07, 6.45) is 0. The van der Waals surface area contributed by atoms with Gasteiger partial charge in [0.05, 0.1) is 7.11 Å². The Morgan fingerprint density at radius 2 is 2.07 bits per heavy atom. The number of hydrogen-bond acceptors (Lipinski definition) is 4. The summed E-state index contributed by atoms with van der Waals surface area (Å²) in [5.41, 5.74) is 1.10. The van der Waals surface area contributed by atoms with Gasteiger partial charge in [-0.05, 0) is 12.1 Å². The zero-order valence-corrected chi connectivity index (χ0v) is 8.86. The minimum Gasteiger partial charge on any atom is -0.504 e. The largest absolute Gasteiger partial charge is 0.504 e. The minimum absolute atomic E-state index is 0.191. The van der Waals surface area contributed by atoms with Crippen molar-refractivity contribution in [1.82, 2.24) is 5.32 Å². The summed E-state index contributed by atoms with van der Waals surface area (Å²) in [7, 11) is 1.57. The summed E-state index contributed by atoms with van der Waals surface area (Å²) in [5.74, 6) is 0.724. The number of nitrogens with one attached hydrogen (secondary N) is 1. The van der Waals surface area contributed by atoms with E-state index in [0.717, 1.165) is 31.9 Å². The number of benzene rings is 1. The fraction of sp³-hybridized carbons (Fsp3) is 0.455. The predicted octanol–water partition coefficient (Wildman–Crippen LogP) is 0.810. The van der Waals surface area contributed by atoms with E-state index in [0.29, 0.717) is 5.75 Å². The van der Waals surface area contributed by atoms with Crippen LogP contribution in [0, 0.1) is 0 Å². The normalized spacial score (nSPS) is 16.5. The number of rotatable bonds is 2. The second-order valence-electron chi connectivity index (χ2n) is 3.59. The number of piperazine rings is 1. The number of methoxy groups -OCH3 is 1. The van der Waals surface area contributed by atoms with Crippen LogP contribution in [0.4, 0.5) is 5.69 Å². The van der Waals surface area contributed by atoms with E-state index in [1.54, 1.807) is 13.2 Å². The van der Waals surface area contributed by atoms with Crippen molar-refractivity contribution in [3.05, 3.63) is 18.2 Å². The molecule has 0 aliphatic carbocycles. The summed E-state index contributed by atoms with van der Waals surface area (Å²) in [6, 6.07) is 5.47. The number of ether oxygens (including phenoxy) is 1. The Bertz CT molecular complexity index is 335. The van der Waals surface area contributed by atoms with Crippen molar-refractivity contribution in [2.75, 3.05) is 38.2 Å². The third-order valence-electron chi connectivity index (χ3n) is 2.65. The van der Waals surface area contributed by atoms with Crippen LogP contribution in [0.15, 0.2) is 18.2 Å². The Labute approximate surface area is 89.5 Å². The molecule has 2 N–H and O–H groups in total. The zero-order chi connectivity index (χ0) is 10.7. The Balaban J connectivity index is 2.20. The summed E-state index contributed by atoms with van der Waals surface area (Å²) >= 11 is 0. The molecule has 0 radical (unpaired) electrons. The van der Waals surface area contributed by atoms with E-state index in [2.05, 4.69) is 10.2 Å². The van der Waals surface area contributed by atoms with Gasteiger partial charge in [-0.1, -0.05) is 0 Å². The SMILES string of the molecule is COc1cc(N2CCNCC2)ccc1O. The number of anilines is 1. The van der Waals surface area contributed by atoms with Crippen molar-refractivity contribution in [2.24, 2.45) is 0 Å². The molecule has 1 heterocycles. The van der Waals surface area contributed by atoms with Crippen LogP contribution < -0.4 is 15.0 Å². The number of hydrogen-bond donors (Lipinski definition) is 2. The van der Waals surface area contributed by atoms with E-state index in [9.17, 15) is 5.11 Å². The van der Waals surface area contributed by atoms with Gasteiger partial charge in [0.25, 0.3) is 0 Å². The molecule has 1 fully saturated rings. The molecule has 1 aliphatic heterocycles. The topological polar surface area (TPSA) is 44.7 Å². The van der Waals surface area contributed by atoms with Gasteiger partial charge in [0.15, 0.2) is 11.5 Å². The maximum atomic E-state index is 9.48. The molecule has 0 amide bonds. The van der Waals surface area contributed by atoms with Crippen LogP contribution in [0.5, 0.6) is 11.5 Å². The number of phenols is 1. The van der Waals surface area contributed by atoms with Gasteiger partial charge in [-0.25, -0.2) is 0 Å². The fourth-order valence-corrected chi connectivity index (χ4v) is 1.79. The summed E-state index contributed by atoms with van der Waals surface area (Å²) in [6.45, 7) is 3.99. The van der Waals surface area contributed by atoms with Gasteiger partial charge in [-0.3, -0.25) is 0 Å². The van der Waals surface area contributed by atoms with Crippen molar-refractivity contribution in [1.29, 1.82) is 0 Å². The lowest BCUT2D eigenvalue weighted by Gasteiger charge is -2.29. The molecule has 15 heavy (non-hydrogen) atoms. The average Bonchev–Trinajstić information content (AvgIpc) is 2.31. The van der Waals surface area contributed by atoms with Gasteiger partial charge in [-0.15, -0.1) is 0 Å². The summed E-state index contributed by atoms with van der Waals surface area (Å²) in [4.78, 5) is 2.28. The van der Waals surface area contributed by atoms with Crippen LogP contribution in [-0.4, -0.2) is 38.4 Å². The highest BCUT2D eigenvalue weighted by molar-refractivity contribution is 5.56. The van der Waals surface area contributed by atoms with Crippen LogP contribution in [0.1, 0.15) is 0 Å². The molecule has 1 aromatic carbocycles. The smallest absolute Gasteiger partial charge is 0.162 e. The molecule has 0 unspecified atom stereocenters. The Kier molecular flexibility index (Phi) is 2.97. The third-order valence-corrected chi connectivity index (χ3v) is 2.65. The van der Waals surface area contributed by atoms with E-state index >= 15 is 0 Å². The van der Waals surface area contributed by atoms with Gasteiger partial charge in [0, 0.05) is 37.9 Å². The van der Waals surface area contributed by atoms with E-state index in [1.807, 2.05) is 12.1 Å². The third kappa shape index (κ3) is 2.15. The van der Waals surface area contributed by atoms with Crippen LogP contribution in [-0.2, 0) is 0 Å². The highest BCUT2D eigenvalue weighted by Crippen LogP contribution is 2.30. The van der Waals surface area contributed by atoms with Crippen molar-refractivity contribution in [3.8, 4) is 11.5 Å². The van der Waals surface area contributed by atoms with Gasteiger partial charge < -0.3 is 20.1 Å². The van der Waals surface area contributed by atoms with E-state index in [-0.39, 0.29) is 5.75 Å². The Morgan fingerprint density at radius 3 is 2.73 bits per heavy atom. The molecule has 4 heteroatoms. The highest BCUT2D eigenvalue weighted by atomic mass is 16.5. The molecule has 0 bridgehead atoms. The average molecular weight is 208 g/mol. The Hall–Kier alpha value is -1.42. The van der Waals surface area contributed by atoms with Gasteiger partial charge in [-0.2, -0.15) is 0 Å². The monoisotopic (exact) mass is 208 g/mol. The van der Waals surface area contributed by atoms with Gasteiger partial charge >= 0.3 is 0 Å². The molecule has 0 atom stereocenters. The molecule has 4 nitrogen and oxygen atoms in total. The summed E-state index contributed by atoms with van der Waals surface area (Å²) < 4.78 is 5.08. The molecular weight excluding hydrogens is 192 g/mol. The lowest BCUT2D eigenvalue weighted by molar-refractivity contribution is 0.373. The molecular formula is C11H16N2O2. The quantitative estimate of drug-likeness (QED) is 0.755. The first-order chi connectivity index (χ1) is 7.31. The second-order valence-corrected chi connectivity index (χ2v) is 3.59. The van der Waals surface area contributed by atoms with E-state index in [4.69, 9.17) is 4.74 Å². The molecule has 1 aliphatic rings. The summed E-state index contributed by atoms with van der Waals surface area (Å²) in [5, 5.41) is 12.8. The van der Waals surface area contributed by atoms with Crippen molar-refractivity contribution < 1.29 is 9.84 Å². The van der Waals surface area contributed by atoms with Crippen molar-refractivity contribution in [3.63, 3.8) is 0 Å². The maximum Gasteiger partial charge on any atom is 0.162 e. The Morgan fingerprint density at radius 1 is 1.33 bits per heavy atom. The molecule has 0 saturated carbocycles. The lowest BCUT2D eigenvalue weighted by Crippen LogP contribution is -2.43. The number of aromatic hydroxyl groups is 1. The highest BCUT2D eigenvalue weighted by Gasteiger charge is 2.12. The minimum atomic E-state index is 0.191. The van der Waals surface area contributed by atoms with Crippen LogP contribution in [0.2, 0.25) is 0 Å². The molecule has 0 aromatic heterocycles. The van der Waals surface area contributed by atoms with Crippen LogP contribution in [0.3, 0.4) is 0 Å². The van der Waals surface area contributed by atoms with Crippen molar-refractivity contribution >= 4 is 5.69 Å². The van der Waals surface area contributed by atoms with Gasteiger partial charge in [0.1, 0.15) is 0 Å². The lowest BCUT2D eigenvalue weighted by atomic mass is 10.2. The zero-order valence-electron chi connectivity index (χ0n) is 8.86. The van der Waals surface area contributed by atoms with Crippen LogP contribution in [0.25, 0.3) is 0 Å². The molecule has 82 valence electrons. The van der Waals surface area contributed by atoms with Gasteiger partial charge in [0.2, 0.25) is 0 Å². The maximum absolute atomic E-state index is 9.48. The standard InChI is InChI=1S/C11H16N2O2/c1-15-11-8-9(2-3-10(11)14)13-6-4-12-5-7-13/h2-3,8,12,14H,4-7H2,1H3. The first-order valence-electron chi connectivity index (χ1n) is 5.14. The van der Waals surface area contributed by atoms with Crippen molar-refractivity contribution in [2.45, 2.75) is 0 Å². The second kappa shape index (κ2) is 4.40. The fourth-order valence-electron chi connectivity index (χ4n) is 1.79. The first kappa shape index (κ1) is 10.1. The molecule has 1 aromatic rings. The first-order valence-corrected chi connectivity index (χ1v) is 5.14. The van der Waals surface area contributed by atoms with E-state index in [1.165, 1.54) is 0 Å². The molecule has 2 rings (SSSR count). The molecule has 1 saturated heterocycles. The van der Waals surface area contributed by atoms with E-state index < -0.39 is 0 Å². The number of nitrogens with zero attached hydrogens (tertiary/aromatic N) is 1. The predicted molar refractivity (Wildman–Crippen MR) is 59.7 cm³/mol. The number of phenolic OH excluding ortho intramolecular Hbond substituents is 1. The van der Waals surface area contributed by atoms with Crippen LogP contribution >= 0.6 is 0 Å².